The molecule has 0 fully saturated rings. The lowest BCUT2D eigenvalue weighted by atomic mass is 10.2. The fourth-order valence-electron chi connectivity index (χ4n) is 2.24. The molecular formula is C17H16ClN3O2S. The molecule has 0 spiro atoms. The van der Waals surface area contributed by atoms with Gasteiger partial charge in [0.05, 0.1) is 11.1 Å². The predicted octanol–water partition coefficient (Wildman–Crippen LogP) is 4.05. The summed E-state index contributed by atoms with van der Waals surface area (Å²) in [5.74, 6) is 0.335. The molecule has 0 amide bonds. The second kappa shape index (κ2) is 7.68. The highest BCUT2D eigenvalue weighted by atomic mass is 35.5. The second-order valence-corrected chi connectivity index (χ2v) is 6.65. The maximum absolute atomic E-state index is 12.1. The minimum atomic E-state index is -0.348. The van der Waals surface area contributed by atoms with E-state index in [4.69, 9.17) is 16.3 Å². The maximum atomic E-state index is 12.1. The van der Waals surface area contributed by atoms with E-state index in [9.17, 15) is 4.79 Å². The topological polar surface area (TPSA) is 57.0 Å². The van der Waals surface area contributed by atoms with Gasteiger partial charge in [-0.3, -0.25) is 0 Å². The Morgan fingerprint density at radius 1 is 1.25 bits per heavy atom. The van der Waals surface area contributed by atoms with Gasteiger partial charge in [0, 0.05) is 22.2 Å². The predicted molar refractivity (Wildman–Crippen MR) is 95.7 cm³/mol. The highest BCUT2D eigenvalue weighted by Crippen LogP contribution is 2.20. The molecule has 0 N–H and O–H groups in total. The Morgan fingerprint density at radius 2 is 2.04 bits per heavy atom. The zero-order valence-electron chi connectivity index (χ0n) is 13.1. The Kier molecular flexibility index (Phi) is 5.37. The Hall–Kier alpha value is -2.05. The Labute approximate surface area is 148 Å². The molecular weight excluding hydrogens is 346 g/mol. The maximum Gasteiger partial charge on any atom is 0.338 e. The molecule has 3 aromatic rings. The van der Waals surface area contributed by atoms with Gasteiger partial charge in [-0.1, -0.05) is 16.8 Å². The molecule has 0 saturated carbocycles. The molecule has 0 unspecified atom stereocenters. The molecule has 0 aliphatic rings. The Balaban J connectivity index is 1.54. The summed E-state index contributed by atoms with van der Waals surface area (Å²) in [6.45, 7) is 3.07. The van der Waals surface area contributed by atoms with Crippen molar-refractivity contribution in [2.24, 2.45) is 0 Å². The number of benzene rings is 2. The number of ether oxygens (including phenoxy) is 1. The third kappa shape index (κ3) is 3.88. The van der Waals surface area contributed by atoms with Crippen LogP contribution in [0.2, 0.25) is 5.02 Å². The van der Waals surface area contributed by atoms with Crippen molar-refractivity contribution in [3.05, 3.63) is 53.1 Å². The molecule has 124 valence electrons. The molecule has 0 aliphatic carbocycles. The van der Waals surface area contributed by atoms with Gasteiger partial charge in [0.25, 0.3) is 0 Å². The molecule has 5 nitrogen and oxygen atoms in total. The largest absolute Gasteiger partial charge is 0.461 e. The molecule has 7 heteroatoms. The van der Waals surface area contributed by atoms with Crippen LogP contribution in [0.25, 0.3) is 11.0 Å². The lowest BCUT2D eigenvalue weighted by molar-refractivity contribution is 0.0530. The lowest BCUT2D eigenvalue weighted by Crippen LogP contribution is -2.08. The van der Waals surface area contributed by atoms with E-state index in [1.807, 2.05) is 37.3 Å². The molecule has 0 radical (unpaired) electrons. The van der Waals surface area contributed by atoms with E-state index in [1.54, 1.807) is 28.6 Å². The van der Waals surface area contributed by atoms with Gasteiger partial charge in [-0.25, -0.2) is 9.48 Å². The average Bonchev–Trinajstić information content (AvgIpc) is 3.02. The number of aromatic nitrogens is 3. The van der Waals surface area contributed by atoms with Crippen molar-refractivity contribution in [3.8, 4) is 0 Å². The highest BCUT2D eigenvalue weighted by Gasteiger charge is 2.11. The van der Waals surface area contributed by atoms with Gasteiger partial charge in [-0.05, 0) is 49.4 Å². The standard InChI is InChI=1S/C17H16ClN3O2S/c1-2-21-16-8-3-12(11-15(16)19-20-21)17(22)23-9-10-24-14-6-4-13(18)5-7-14/h3-8,11H,2,9-10H2,1H3. The Morgan fingerprint density at radius 3 is 2.79 bits per heavy atom. The van der Waals surface area contributed by atoms with E-state index < -0.39 is 0 Å². The van der Waals surface area contributed by atoms with E-state index in [0.29, 0.717) is 28.5 Å². The van der Waals surface area contributed by atoms with Crippen molar-refractivity contribution in [3.63, 3.8) is 0 Å². The van der Waals surface area contributed by atoms with Crippen molar-refractivity contribution in [2.45, 2.75) is 18.4 Å². The quantitative estimate of drug-likeness (QED) is 0.376. The summed E-state index contributed by atoms with van der Waals surface area (Å²) < 4.78 is 7.10. The number of carbonyl (C=O) groups excluding carboxylic acids is 1. The van der Waals surface area contributed by atoms with Crippen LogP contribution in [0.1, 0.15) is 17.3 Å². The molecule has 0 atom stereocenters. The first-order chi connectivity index (χ1) is 11.7. The average molecular weight is 362 g/mol. The van der Waals surface area contributed by atoms with Crippen LogP contribution in [0, 0.1) is 0 Å². The first kappa shape index (κ1) is 16.8. The molecule has 2 aromatic carbocycles. The number of thioether (sulfide) groups is 1. The zero-order chi connectivity index (χ0) is 16.9. The first-order valence-electron chi connectivity index (χ1n) is 7.56. The van der Waals surface area contributed by atoms with Crippen LogP contribution in [0.3, 0.4) is 0 Å². The summed E-state index contributed by atoms with van der Waals surface area (Å²) in [5.41, 5.74) is 2.09. The normalized spacial score (nSPS) is 10.9. The number of carbonyl (C=O) groups is 1. The molecule has 1 aromatic heterocycles. The van der Waals surface area contributed by atoms with Crippen LogP contribution in [-0.2, 0) is 11.3 Å². The summed E-state index contributed by atoms with van der Waals surface area (Å²) in [7, 11) is 0. The summed E-state index contributed by atoms with van der Waals surface area (Å²) in [6, 6.07) is 12.9. The molecule has 24 heavy (non-hydrogen) atoms. The van der Waals surface area contributed by atoms with E-state index in [2.05, 4.69) is 10.3 Å². The van der Waals surface area contributed by atoms with Crippen LogP contribution in [0.15, 0.2) is 47.4 Å². The van der Waals surface area contributed by atoms with Gasteiger partial charge in [0.1, 0.15) is 12.1 Å². The van der Waals surface area contributed by atoms with Crippen molar-refractivity contribution >= 4 is 40.4 Å². The Bertz CT molecular complexity index is 849. The number of esters is 1. The number of hydrogen-bond donors (Lipinski definition) is 0. The van der Waals surface area contributed by atoms with Gasteiger partial charge >= 0.3 is 5.97 Å². The fraction of sp³-hybridized carbons (Fsp3) is 0.235. The monoisotopic (exact) mass is 361 g/mol. The van der Waals surface area contributed by atoms with Crippen LogP contribution >= 0.6 is 23.4 Å². The molecule has 3 rings (SSSR count). The third-order valence-electron chi connectivity index (χ3n) is 3.45. The molecule has 0 bridgehead atoms. The van der Waals surface area contributed by atoms with Crippen LogP contribution in [0.5, 0.6) is 0 Å². The van der Waals surface area contributed by atoms with Crippen LogP contribution in [-0.4, -0.2) is 33.3 Å². The SMILES string of the molecule is CCn1nnc2cc(C(=O)OCCSc3ccc(Cl)cc3)ccc21. The lowest BCUT2D eigenvalue weighted by Gasteiger charge is -2.05. The first-order valence-corrected chi connectivity index (χ1v) is 8.92. The minimum absolute atomic E-state index is 0.339. The summed E-state index contributed by atoms with van der Waals surface area (Å²) in [6.07, 6.45) is 0. The number of rotatable bonds is 6. The van der Waals surface area contributed by atoms with Crippen molar-refractivity contribution in [1.82, 2.24) is 15.0 Å². The molecule has 1 heterocycles. The molecule has 0 saturated heterocycles. The summed E-state index contributed by atoms with van der Waals surface area (Å²) in [5, 5.41) is 8.81. The van der Waals surface area contributed by atoms with Gasteiger partial charge in [0.2, 0.25) is 0 Å². The van der Waals surface area contributed by atoms with Crippen LogP contribution < -0.4 is 0 Å². The number of nitrogens with zero attached hydrogens (tertiary/aromatic N) is 3. The fourth-order valence-corrected chi connectivity index (χ4v) is 3.10. The number of fused-ring (bicyclic) bond motifs is 1. The smallest absolute Gasteiger partial charge is 0.338 e. The van der Waals surface area contributed by atoms with Gasteiger partial charge < -0.3 is 4.74 Å². The number of aryl methyl sites for hydroxylation is 1. The summed E-state index contributed by atoms with van der Waals surface area (Å²) >= 11 is 7.46. The molecule has 0 aliphatic heterocycles. The van der Waals surface area contributed by atoms with Gasteiger partial charge in [0.15, 0.2) is 0 Å². The highest BCUT2D eigenvalue weighted by molar-refractivity contribution is 7.99. The number of halogens is 1. The number of hydrogen-bond acceptors (Lipinski definition) is 5. The zero-order valence-corrected chi connectivity index (χ0v) is 14.7. The van der Waals surface area contributed by atoms with Gasteiger partial charge in [-0.15, -0.1) is 16.9 Å². The van der Waals surface area contributed by atoms with Crippen LogP contribution in [0.4, 0.5) is 0 Å². The van der Waals surface area contributed by atoms with E-state index >= 15 is 0 Å². The van der Waals surface area contributed by atoms with Gasteiger partial charge in [-0.2, -0.15) is 0 Å². The summed E-state index contributed by atoms with van der Waals surface area (Å²) in [4.78, 5) is 13.2. The van der Waals surface area contributed by atoms with Crippen molar-refractivity contribution in [1.29, 1.82) is 0 Å². The minimum Gasteiger partial charge on any atom is -0.461 e. The van der Waals surface area contributed by atoms with E-state index in [-0.39, 0.29) is 5.97 Å². The van der Waals surface area contributed by atoms with E-state index in [1.165, 1.54) is 0 Å². The third-order valence-corrected chi connectivity index (χ3v) is 4.68. The van der Waals surface area contributed by atoms with Crippen molar-refractivity contribution in [2.75, 3.05) is 12.4 Å². The van der Waals surface area contributed by atoms with E-state index in [0.717, 1.165) is 17.0 Å². The second-order valence-electron chi connectivity index (χ2n) is 5.05. The van der Waals surface area contributed by atoms with Crippen molar-refractivity contribution < 1.29 is 9.53 Å².